The fraction of sp³-hybridized carbons (Fsp3) is 0.889. The minimum absolute atomic E-state index is 0.0142. The predicted molar refractivity (Wildman–Crippen MR) is 50.3 cm³/mol. The summed E-state index contributed by atoms with van der Waals surface area (Å²) in [4.78, 5) is 10.4. The van der Waals surface area contributed by atoms with E-state index in [4.69, 9.17) is 10.8 Å². The molecular weight excluding hydrogens is 170 g/mol. The number of carbonyl (C=O) groups excluding carboxylic acids is 1. The smallest absolute Gasteiger partial charge is 0.404 e. The van der Waals surface area contributed by atoms with Crippen LogP contribution in [0.5, 0.6) is 0 Å². The fourth-order valence-electron chi connectivity index (χ4n) is 1.05. The lowest BCUT2D eigenvalue weighted by Crippen LogP contribution is -2.30. The number of primary amides is 1. The molecule has 0 radical (unpaired) electrons. The Kier molecular flexibility index (Phi) is 5.46. The van der Waals surface area contributed by atoms with Gasteiger partial charge >= 0.3 is 6.09 Å². The van der Waals surface area contributed by atoms with E-state index in [0.29, 0.717) is 0 Å². The highest BCUT2D eigenvalue weighted by Crippen LogP contribution is 2.23. The van der Waals surface area contributed by atoms with Crippen LogP contribution in [0.1, 0.15) is 33.1 Å². The summed E-state index contributed by atoms with van der Waals surface area (Å²) in [6.07, 6.45) is 2.13. The molecule has 1 amide bonds. The molecule has 78 valence electrons. The Morgan fingerprint density at radius 2 is 2.23 bits per heavy atom. The van der Waals surface area contributed by atoms with Gasteiger partial charge in [0.15, 0.2) is 0 Å². The predicted octanol–water partition coefficient (Wildman–Crippen LogP) is 1.27. The average molecular weight is 189 g/mol. The molecule has 0 aromatic carbocycles. The van der Waals surface area contributed by atoms with Gasteiger partial charge in [-0.25, -0.2) is 4.79 Å². The SMILES string of the molecule is CCCC[C@](C)(CO)COC(N)=O. The molecule has 1 atom stereocenters. The lowest BCUT2D eigenvalue weighted by Gasteiger charge is -2.25. The minimum atomic E-state index is -0.781. The van der Waals surface area contributed by atoms with Gasteiger partial charge in [-0.05, 0) is 6.42 Å². The molecule has 0 aromatic rings. The van der Waals surface area contributed by atoms with Crippen molar-refractivity contribution in [2.45, 2.75) is 33.1 Å². The molecule has 4 nitrogen and oxygen atoms in total. The Labute approximate surface area is 79.1 Å². The van der Waals surface area contributed by atoms with E-state index in [2.05, 4.69) is 11.7 Å². The van der Waals surface area contributed by atoms with Crippen molar-refractivity contribution in [1.29, 1.82) is 0 Å². The van der Waals surface area contributed by atoms with Gasteiger partial charge in [-0.3, -0.25) is 0 Å². The molecule has 0 aliphatic heterocycles. The lowest BCUT2D eigenvalue weighted by molar-refractivity contribution is 0.0461. The van der Waals surface area contributed by atoms with Gasteiger partial charge in [-0.15, -0.1) is 0 Å². The third-order valence-electron chi connectivity index (χ3n) is 2.08. The highest BCUT2D eigenvalue weighted by Gasteiger charge is 2.24. The number of hydrogen-bond acceptors (Lipinski definition) is 3. The van der Waals surface area contributed by atoms with Crippen molar-refractivity contribution in [2.75, 3.05) is 13.2 Å². The van der Waals surface area contributed by atoms with E-state index in [1.54, 1.807) is 0 Å². The number of amides is 1. The molecule has 0 aliphatic carbocycles. The third-order valence-corrected chi connectivity index (χ3v) is 2.08. The van der Waals surface area contributed by atoms with Crippen molar-refractivity contribution in [3.63, 3.8) is 0 Å². The molecule has 0 saturated carbocycles. The maximum absolute atomic E-state index is 10.4. The van der Waals surface area contributed by atoms with Crippen molar-refractivity contribution in [3.05, 3.63) is 0 Å². The van der Waals surface area contributed by atoms with Crippen LogP contribution in [-0.4, -0.2) is 24.4 Å². The molecule has 0 aromatic heterocycles. The number of unbranched alkanes of at least 4 members (excludes halogenated alkanes) is 1. The van der Waals surface area contributed by atoms with Crippen LogP contribution in [0.3, 0.4) is 0 Å². The molecule has 0 fully saturated rings. The summed E-state index contributed by atoms with van der Waals surface area (Å²) in [5, 5.41) is 9.09. The standard InChI is InChI=1S/C9H19NO3/c1-3-4-5-9(2,6-11)7-13-8(10)12/h11H,3-7H2,1-2H3,(H2,10,12)/t9-/m1/s1. The van der Waals surface area contributed by atoms with E-state index in [1.165, 1.54) is 0 Å². The Hall–Kier alpha value is -0.770. The number of aliphatic hydroxyl groups is 1. The first kappa shape index (κ1) is 12.2. The molecule has 3 N–H and O–H groups in total. The van der Waals surface area contributed by atoms with Gasteiger partial charge in [0, 0.05) is 5.41 Å². The van der Waals surface area contributed by atoms with Crippen LogP contribution in [-0.2, 0) is 4.74 Å². The quantitative estimate of drug-likeness (QED) is 0.661. The van der Waals surface area contributed by atoms with Gasteiger partial charge in [-0.2, -0.15) is 0 Å². The van der Waals surface area contributed by atoms with Gasteiger partial charge in [0.25, 0.3) is 0 Å². The first-order valence-electron chi connectivity index (χ1n) is 4.57. The highest BCUT2D eigenvalue weighted by molar-refractivity contribution is 5.64. The summed E-state index contributed by atoms with van der Waals surface area (Å²) in [6, 6.07) is 0. The summed E-state index contributed by atoms with van der Waals surface area (Å²) in [5.41, 5.74) is 4.50. The van der Waals surface area contributed by atoms with Gasteiger partial charge in [0.2, 0.25) is 0 Å². The third kappa shape index (κ3) is 5.47. The first-order chi connectivity index (χ1) is 6.04. The number of ether oxygens (including phenoxy) is 1. The maximum Gasteiger partial charge on any atom is 0.404 e. The number of rotatable bonds is 6. The minimum Gasteiger partial charge on any atom is -0.449 e. The monoisotopic (exact) mass is 189 g/mol. The van der Waals surface area contributed by atoms with E-state index >= 15 is 0 Å². The van der Waals surface area contributed by atoms with E-state index < -0.39 is 6.09 Å². The Balaban J connectivity index is 3.87. The topological polar surface area (TPSA) is 72.6 Å². The number of hydrogen-bond donors (Lipinski definition) is 2. The van der Waals surface area contributed by atoms with Crippen molar-refractivity contribution in [3.8, 4) is 0 Å². The molecule has 0 aliphatic rings. The molecule has 4 heteroatoms. The number of aliphatic hydroxyl groups excluding tert-OH is 1. The Bertz CT molecular complexity index is 161. The van der Waals surface area contributed by atoms with E-state index in [9.17, 15) is 4.79 Å². The van der Waals surface area contributed by atoms with E-state index in [1.807, 2.05) is 6.92 Å². The first-order valence-corrected chi connectivity index (χ1v) is 4.57. The summed E-state index contributed by atoms with van der Waals surface area (Å²) >= 11 is 0. The van der Waals surface area contributed by atoms with Gasteiger partial charge in [0.1, 0.15) is 6.61 Å². The second kappa shape index (κ2) is 5.80. The summed E-state index contributed by atoms with van der Waals surface area (Å²) in [6.45, 7) is 4.16. The zero-order valence-corrected chi connectivity index (χ0v) is 8.38. The van der Waals surface area contributed by atoms with Gasteiger partial charge in [-0.1, -0.05) is 26.7 Å². The van der Waals surface area contributed by atoms with Gasteiger partial charge < -0.3 is 15.6 Å². The average Bonchev–Trinajstić information content (AvgIpc) is 2.11. The van der Waals surface area contributed by atoms with Crippen molar-refractivity contribution in [2.24, 2.45) is 11.1 Å². The van der Waals surface area contributed by atoms with Crippen LogP contribution in [0, 0.1) is 5.41 Å². The summed E-state index contributed by atoms with van der Waals surface area (Å²) in [7, 11) is 0. The molecule has 0 bridgehead atoms. The highest BCUT2D eigenvalue weighted by atomic mass is 16.5. The van der Waals surface area contributed by atoms with E-state index in [-0.39, 0.29) is 18.6 Å². The van der Waals surface area contributed by atoms with Crippen molar-refractivity contribution in [1.82, 2.24) is 0 Å². The fourth-order valence-corrected chi connectivity index (χ4v) is 1.05. The zero-order valence-electron chi connectivity index (χ0n) is 8.38. The molecule has 13 heavy (non-hydrogen) atoms. The van der Waals surface area contributed by atoms with Crippen LogP contribution in [0.25, 0.3) is 0 Å². The summed E-state index contributed by atoms with van der Waals surface area (Å²) < 4.78 is 4.67. The molecular formula is C9H19NO3. The van der Waals surface area contributed by atoms with Crippen LogP contribution in [0.15, 0.2) is 0 Å². The normalized spacial score (nSPS) is 15.0. The van der Waals surface area contributed by atoms with Crippen LogP contribution in [0.2, 0.25) is 0 Å². The molecule has 0 unspecified atom stereocenters. The van der Waals surface area contributed by atoms with Crippen LogP contribution < -0.4 is 5.73 Å². The second-order valence-corrected chi connectivity index (χ2v) is 3.68. The number of nitrogens with two attached hydrogens (primary N) is 1. The van der Waals surface area contributed by atoms with E-state index in [0.717, 1.165) is 19.3 Å². The van der Waals surface area contributed by atoms with Gasteiger partial charge in [0.05, 0.1) is 6.61 Å². The van der Waals surface area contributed by atoms with Crippen molar-refractivity contribution >= 4 is 6.09 Å². The van der Waals surface area contributed by atoms with Crippen LogP contribution in [0.4, 0.5) is 4.79 Å². The second-order valence-electron chi connectivity index (χ2n) is 3.68. The maximum atomic E-state index is 10.4. The van der Waals surface area contributed by atoms with Crippen molar-refractivity contribution < 1.29 is 14.6 Å². The molecule has 0 rings (SSSR count). The largest absolute Gasteiger partial charge is 0.449 e. The van der Waals surface area contributed by atoms with Crippen LogP contribution >= 0.6 is 0 Å². The molecule has 0 spiro atoms. The lowest BCUT2D eigenvalue weighted by atomic mass is 9.87. The zero-order chi connectivity index (χ0) is 10.3. The Morgan fingerprint density at radius 1 is 1.62 bits per heavy atom. The Morgan fingerprint density at radius 3 is 2.62 bits per heavy atom. The molecule has 0 saturated heterocycles. The number of carbonyl (C=O) groups is 1. The summed E-state index contributed by atoms with van der Waals surface area (Å²) in [5.74, 6) is 0. The molecule has 0 heterocycles.